The lowest BCUT2D eigenvalue weighted by Gasteiger charge is -2.36. The van der Waals surface area contributed by atoms with E-state index in [0.29, 0.717) is 24.3 Å². The van der Waals surface area contributed by atoms with Crippen LogP contribution < -0.4 is 0 Å². The molecule has 0 bridgehead atoms. The van der Waals surface area contributed by atoms with Gasteiger partial charge in [0.2, 0.25) is 0 Å². The summed E-state index contributed by atoms with van der Waals surface area (Å²) in [6.07, 6.45) is 0.621. The van der Waals surface area contributed by atoms with E-state index in [1.165, 1.54) is 19.1 Å². The number of H-pyrrole nitrogens is 1. The highest BCUT2D eigenvalue weighted by Crippen LogP contribution is 2.44. The van der Waals surface area contributed by atoms with E-state index in [1.807, 2.05) is 18.2 Å². The van der Waals surface area contributed by atoms with Crippen LogP contribution in [0, 0.1) is 10.1 Å². The fraction of sp³-hybridized carbons (Fsp3) is 0.211. The SMILES string of the molecule is CC(=O)OC1(c2cccc([N+](=O)[O-])c2)OCCc2c1[nH]c1cccc(Br)c21. The van der Waals surface area contributed by atoms with Crippen LogP contribution in [0.2, 0.25) is 0 Å². The molecule has 3 aromatic rings. The summed E-state index contributed by atoms with van der Waals surface area (Å²) in [6.45, 7) is 1.59. The fourth-order valence-corrected chi connectivity index (χ4v) is 4.17. The van der Waals surface area contributed by atoms with Gasteiger partial charge in [-0.3, -0.25) is 14.9 Å². The Labute approximate surface area is 162 Å². The van der Waals surface area contributed by atoms with Crippen LogP contribution in [-0.2, 0) is 26.5 Å². The van der Waals surface area contributed by atoms with Crippen molar-refractivity contribution in [3.8, 4) is 0 Å². The number of carbonyl (C=O) groups excluding carboxylic acids is 1. The number of nitrogens with zero attached hydrogens (tertiary/aromatic N) is 1. The molecule has 1 N–H and O–H groups in total. The summed E-state index contributed by atoms with van der Waals surface area (Å²) in [5.74, 6) is -2.11. The predicted molar refractivity (Wildman–Crippen MR) is 101 cm³/mol. The molecule has 27 heavy (non-hydrogen) atoms. The zero-order valence-electron chi connectivity index (χ0n) is 14.3. The monoisotopic (exact) mass is 430 g/mol. The number of halogens is 1. The van der Waals surface area contributed by atoms with Crippen molar-refractivity contribution in [2.45, 2.75) is 19.1 Å². The molecule has 2 heterocycles. The van der Waals surface area contributed by atoms with Crippen LogP contribution in [0.15, 0.2) is 46.9 Å². The maximum absolute atomic E-state index is 11.9. The summed E-state index contributed by atoms with van der Waals surface area (Å²) in [5.41, 5.74) is 2.67. The number of fused-ring (bicyclic) bond motifs is 3. The first-order valence-corrected chi connectivity index (χ1v) is 9.09. The third-order valence-electron chi connectivity index (χ3n) is 4.59. The number of rotatable bonds is 3. The zero-order valence-corrected chi connectivity index (χ0v) is 15.9. The summed E-state index contributed by atoms with van der Waals surface area (Å²) in [4.78, 5) is 26.0. The summed E-state index contributed by atoms with van der Waals surface area (Å²) in [6, 6.07) is 11.7. The van der Waals surface area contributed by atoms with Crippen molar-refractivity contribution in [3.05, 3.63) is 73.9 Å². The Morgan fingerprint density at radius 1 is 1.33 bits per heavy atom. The summed E-state index contributed by atoms with van der Waals surface area (Å²) in [5, 5.41) is 12.2. The highest BCUT2D eigenvalue weighted by atomic mass is 79.9. The smallest absolute Gasteiger partial charge is 0.305 e. The zero-order chi connectivity index (χ0) is 19.2. The van der Waals surface area contributed by atoms with Crippen LogP contribution in [0.25, 0.3) is 10.9 Å². The second kappa shape index (κ2) is 6.47. The molecule has 8 heteroatoms. The van der Waals surface area contributed by atoms with E-state index in [-0.39, 0.29) is 5.69 Å². The van der Waals surface area contributed by atoms with E-state index >= 15 is 0 Å². The molecule has 0 amide bonds. The maximum Gasteiger partial charge on any atom is 0.305 e. The summed E-state index contributed by atoms with van der Waals surface area (Å²) in [7, 11) is 0. The van der Waals surface area contributed by atoms with Gasteiger partial charge in [-0.2, -0.15) is 0 Å². The number of carbonyl (C=O) groups is 1. The van der Waals surface area contributed by atoms with Crippen LogP contribution in [-0.4, -0.2) is 22.5 Å². The van der Waals surface area contributed by atoms with Crippen molar-refractivity contribution >= 4 is 38.5 Å². The van der Waals surface area contributed by atoms with E-state index < -0.39 is 16.7 Å². The topological polar surface area (TPSA) is 94.5 Å². The lowest BCUT2D eigenvalue weighted by molar-refractivity contribution is -0.385. The number of aromatic amines is 1. The van der Waals surface area contributed by atoms with E-state index in [2.05, 4.69) is 20.9 Å². The minimum absolute atomic E-state index is 0.105. The molecular weight excluding hydrogens is 416 g/mol. The molecule has 1 aliphatic heterocycles. The molecule has 7 nitrogen and oxygen atoms in total. The summed E-state index contributed by atoms with van der Waals surface area (Å²) < 4.78 is 12.6. The number of aromatic nitrogens is 1. The van der Waals surface area contributed by atoms with Gasteiger partial charge in [0.1, 0.15) is 0 Å². The lowest BCUT2D eigenvalue weighted by atomic mass is 9.94. The largest absolute Gasteiger partial charge is 0.422 e. The third-order valence-corrected chi connectivity index (χ3v) is 5.25. The molecule has 1 aliphatic rings. The van der Waals surface area contributed by atoms with E-state index in [1.54, 1.807) is 12.1 Å². The minimum Gasteiger partial charge on any atom is -0.422 e. The normalized spacial score (nSPS) is 18.9. The van der Waals surface area contributed by atoms with Gasteiger partial charge in [-0.15, -0.1) is 0 Å². The van der Waals surface area contributed by atoms with Crippen molar-refractivity contribution < 1.29 is 19.2 Å². The molecule has 0 saturated carbocycles. The van der Waals surface area contributed by atoms with Gasteiger partial charge in [-0.1, -0.05) is 34.1 Å². The van der Waals surface area contributed by atoms with E-state index in [4.69, 9.17) is 9.47 Å². The van der Waals surface area contributed by atoms with Crippen LogP contribution in [0.3, 0.4) is 0 Å². The standard InChI is InChI=1S/C19H15BrN2O5/c1-11(23)27-19(12-4-2-5-13(10-12)22(24)25)18-14(8-9-26-19)17-15(20)6-3-7-16(17)21-18/h2-7,10,21H,8-9H2,1H3. The number of ether oxygens (including phenoxy) is 2. The maximum atomic E-state index is 11.9. The molecule has 0 spiro atoms. The Balaban J connectivity index is 2.01. The van der Waals surface area contributed by atoms with Gasteiger partial charge in [0, 0.05) is 40.0 Å². The van der Waals surface area contributed by atoms with Gasteiger partial charge >= 0.3 is 5.97 Å². The predicted octanol–water partition coefficient (Wildman–Crippen LogP) is 4.18. The van der Waals surface area contributed by atoms with Crippen molar-refractivity contribution in [3.63, 3.8) is 0 Å². The fourth-order valence-electron chi connectivity index (χ4n) is 3.56. The number of nitro groups is 1. The second-order valence-electron chi connectivity index (χ2n) is 6.26. The average molecular weight is 431 g/mol. The molecule has 1 unspecified atom stereocenters. The average Bonchev–Trinajstić information content (AvgIpc) is 3.02. The first kappa shape index (κ1) is 17.7. The van der Waals surface area contributed by atoms with E-state index in [9.17, 15) is 14.9 Å². The van der Waals surface area contributed by atoms with Gasteiger partial charge < -0.3 is 14.5 Å². The van der Waals surface area contributed by atoms with E-state index in [0.717, 1.165) is 20.9 Å². The quantitative estimate of drug-likeness (QED) is 0.382. The Morgan fingerprint density at radius 3 is 2.85 bits per heavy atom. The van der Waals surface area contributed by atoms with Gasteiger partial charge in [-0.05, 0) is 24.1 Å². The number of non-ortho nitro benzene ring substituents is 1. The van der Waals surface area contributed by atoms with Crippen LogP contribution in [0.4, 0.5) is 5.69 Å². The molecule has 0 saturated heterocycles. The van der Waals surface area contributed by atoms with Gasteiger partial charge in [0.25, 0.3) is 11.5 Å². The molecule has 0 fully saturated rings. The highest BCUT2D eigenvalue weighted by Gasteiger charge is 2.46. The number of nitrogens with one attached hydrogen (secondary N) is 1. The Bertz CT molecular complexity index is 1080. The Morgan fingerprint density at radius 2 is 2.11 bits per heavy atom. The van der Waals surface area contributed by atoms with Crippen molar-refractivity contribution in [2.24, 2.45) is 0 Å². The first-order chi connectivity index (χ1) is 12.9. The molecule has 1 aromatic heterocycles. The third kappa shape index (κ3) is 2.81. The molecule has 0 aliphatic carbocycles. The van der Waals surface area contributed by atoms with Gasteiger partial charge in [0.15, 0.2) is 0 Å². The highest BCUT2D eigenvalue weighted by molar-refractivity contribution is 9.10. The molecular formula is C19H15BrN2O5. The molecule has 2 aromatic carbocycles. The van der Waals surface area contributed by atoms with Crippen LogP contribution in [0.5, 0.6) is 0 Å². The number of hydrogen-bond acceptors (Lipinski definition) is 5. The van der Waals surface area contributed by atoms with Crippen LogP contribution >= 0.6 is 15.9 Å². The molecule has 138 valence electrons. The number of nitro benzene ring substituents is 1. The Hall–Kier alpha value is -2.71. The second-order valence-corrected chi connectivity index (χ2v) is 7.11. The van der Waals surface area contributed by atoms with Crippen LogP contribution in [0.1, 0.15) is 23.7 Å². The number of esters is 1. The number of benzene rings is 2. The minimum atomic E-state index is -1.57. The molecule has 0 radical (unpaired) electrons. The van der Waals surface area contributed by atoms with Gasteiger partial charge in [-0.25, -0.2) is 0 Å². The number of hydrogen-bond donors (Lipinski definition) is 1. The molecule has 1 atom stereocenters. The van der Waals surface area contributed by atoms with Crippen molar-refractivity contribution in [2.75, 3.05) is 6.61 Å². The molecule has 4 rings (SSSR count). The lowest BCUT2D eigenvalue weighted by Crippen LogP contribution is -2.40. The Kier molecular flexibility index (Phi) is 4.24. The van der Waals surface area contributed by atoms with Crippen molar-refractivity contribution in [1.82, 2.24) is 4.98 Å². The van der Waals surface area contributed by atoms with Gasteiger partial charge in [0.05, 0.1) is 17.2 Å². The van der Waals surface area contributed by atoms with Crippen molar-refractivity contribution in [1.29, 1.82) is 0 Å². The summed E-state index contributed by atoms with van der Waals surface area (Å²) >= 11 is 3.57. The first-order valence-electron chi connectivity index (χ1n) is 8.30.